The number of nitrogen functional groups attached to an aromatic ring is 1. The van der Waals surface area contributed by atoms with Crippen LogP contribution in [0.3, 0.4) is 0 Å². The topological polar surface area (TPSA) is 147 Å². The molecule has 7 N–H and O–H groups in total. The molecule has 3 aliphatic rings. The van der Waals surface area contributed by atoms with Crippen LogP contribution in [0.4, 0.5) is 29.1 Å². The molecule has 4 atom stereocenters. The van der Waals surface area contributed by atoms with Gasteiger partial charge in [0.1, 0.15) is 23.2 Å². The number of fused-ring (bicyclic) bond motifs is 1. The largest absolute Gasteiger partial charge is 0.432 e. The van der Waals surface area contributed by atoms with Crippen molar-refractivity contribution in [1.29, 1.82) is 5.26 Å². The summed E-state index contributed by atoms with van der Waals surface area (Å²) >= 11 is 0. The Bertz CT molecular complexity index is 1790. The SMILES string of the molecule is N#Cc1ccc(C(CCC2=CC=CC(N)(C3(C(N)=O)C=C(C(F)(F)F)NN3c3ccc4ccnc(N)c4c3)C2F)C2CC2)cc1. The highest BCUT2D eigenvalue weighted by Gasteiger charge is 2.65. The van der Waals surface area contributed by atoms with Gasteiger partial charge in [0.2, 0.25) is 0 Å². The molecule has 0 saturated heterocycles. The van der Waals surface area contributed by atoms with Gasteiger partial charge in [-0.15, -0.1) is 0 Å². The Hall–Kier alpha value is -4.89. The van der Waals surface area contributed by atoms with Crippen LogP contribution >= 0.6 is 0 Å². The molecule has 232 valence electrons. The van der Waals surface area contributed by atoms with Gasteiger partial charge in [0, 0.05) is 11.6 Å². The number of alkyl halides is 4. The zero-order chi connectivity index (χ0) is 32.1. The molecule has 8 nitrogen and oxygen atoms in total. The molecule has 1 fully saturated rings. The molecule has 2 aliphatic carbocycles. The van der Waals surface area contributed by atoms with E-state index in [0.29, 0.717) is 34.8 Å². The number of hydrogen-bond acceptors (Lipinski definition) is 7. The van der Waals surface area contributed by atoms with Crippen molar-refractivity contribution in [3.63, 3.8) is 0 Å². The third kappa shape index (κ3) is 5.07. The Morgan fingerprint density at radius 3 is 2.56 bits per heavy atom. The number of carbonyl (C=O) groups excluding carboxylic acids is 1. The van der Waals surface area contributed by atoms with E-state index in [2.05, 4.69) is 16.5 Å². The molecule has 1 amide bonds. The van der Waals surface area contributed by atoms with Gasteiger partial charge >= 0.3 is 6.18 Å². The first kappa shape index (κ1) is 30.1. The van der Waals surface area contributed by atoms with E-state index >= 15 is 4.39 Å². The van der Waals surface area contributed by atoms with Crippen LogP contribution in [0.1, 0.15) is 42.7 Å². The minimum atomic E-state index is -4.94. The Labute approximate surface area is 256 Å². The number of amides is 1. The highest BCUT2D eigenvalue weighted by Crippen LogP contribution is 2.49. The van der Waals surface area contributed by atoms with Crippen molar-refractivity contribution in [3.05, 3.63) is 101 Å². The van der Waals surface area contributed by atoms with Gasteiger partial charge < -0.3 is 17.2 Å². The summed E-state index contributed by atoms with van der Waals surface area (Å²) in [6.45, 7) is 0. The van der Waals surface area contributed by atoms with Gasteiger partial charge in [-0.05, 0) is 90.4 Å². The van der Waals surface area contributed by atoms with Crippen molar-refractivity contribution in [2.24, 2.45) is 17.4 Å². The smallest absolute Gasteiger partial charge is 0.383 e. The number of halogens is 4. The fourth-order valence-electron chi connectivity index (χ4n) is 6.60. The zero-order valence-corrected chi connectivity index (χ0v) is 24.1. The summed E-state index contributed by atoms with van der Waals surface area (Å²) in [7, 11) is 0. The number of primary amides is 1. The van der Waals surface area contributed by atoms with Crippen LogP contribution in [-0.2, 0) is 4.79 Å². The fraction of sp³-hybridized carbons (Fsp3) is 0.303. The van der Waals surface area contributed by atoms with E-state index in [9.17, 15) is 18.0 Å². The van der Waals surface area contributed by atoms with Crippen LogP contribution in [0.5, 0.6) is 0 Å². The van der Waals surface area contributed by atoms with Crippen LogP contribution in [0.2, 0.25) is 0 Å². The lowest BCUT2D eigenvalue weighted by molar-refractivity contribution is -0.123. The second-order valence-corrected chi connectivity index (χ2v) is 11.8. The second-order valence-electron chi connectivity index (χ2n) is 11.8. The number of nitriles is 1. The predicted octanol–water partition coefficient (Wildman–Crippen LogP) is 5.19. The van der Waals surface area contributed by atoms with Crippen LogP contribution in [0, 0.1) is 17.2 Å². The van der Waals surface area contributed by atoms with Crippen molar-refractivity contribution in [1.82, 2.24) is 10.4 Å². The second kappa shape index (κ2) is 10.9. The molecule has 45 heavy (non-hydrogen) atoms. The highest BCUT2D eigenvalue weighted by molar-refractivity contribution is 5.98. The van der Waals surface area contributed by atoms with Crippen molar-refractivity contribution in [2.75, 3.05) is 10.7 Å². The lowest BCUT2D eigenvalue weighted by atomic mass is 9.68. The Kier molecular flexibility index (Phi) is 7.32. The number of hydrogen-bond donors (Lipinski definition) is 4. The third-order valence-corrected chi connectivity index (χ3v) is 9.15. The minimum Gasteiger partial charge on any atom is -0.383 e. The highest BCUT2D eigenvalue weighted by atomic mass is 19.4. The maximum Gasteiger partial charge on any atom is 0.432 e. The summed E-state index contributed by atoms with van der Waals surface area (Å²) in [6.07, 6.45) is 2.09. The average molecular weight is 618 g/mol. The van der Waals surface area contributed by atoms with E-state index in [0.717, 1.165) is 23.4 Å². The molecule has 6 rings (SSSR count). The molecule has 1 saturated carbocycles. The maximum absolute atomic E-state index is 16.9. The fourth-order valence-corrected chi connectivity index (χ4v) is 6.60. The third-order valence-electron chi connectivity index (χ3n) is 9.15. The van der Waals surface area contributed by atoms with Gasteiger partial charge in [0.25, 0.3) is 5.91 Å². The molecule has 2 heterocycles. The number of anilines is 2. The van der Waals surface area contributed by atoms with Crippen LogP contribution in [0.15, 0.2) is 90.3 Å². The normalized spacial score (nSPS) is 25.3. The lowest BCUT2D eigenvalue weighted by Gasteiger charge is -2.49. The average Bonchev–Trinajstić information content (AvgIpc) is 3.76. The van der Waals surface area contributed by atoms with Crippen molar-refractivity contribution < 1.29 is 22.4 Å². The molecule has 12 heteroatoms. The molecule has 1 aliphatic heterocycles. The number of nitrogens with one attached hydrogen (secondary N) is 1. The number of rotatable bonds is 8. The molecule has 4 unspecified atom stereocenters. The van der Waals surface area contributed by atoms with Crippen molar-refractivity contribution in [2.45, 2.75) is 55.0 Å². The summed E-state index contributed by atoms with van der Waals surface area (Å²) in [5.41, 5.74) is 16.6. The van der Waals surface area contributed by atoms with Crippen LogP contribution < -0.4 is 27.6 Å². The summed E-state index contributed by atoms with van der Waals surface area (Å²) in [4.78, 5) is 17.5. The molecule has 1 aromatic heterocycles. The van der Waals surface area contributed by atoms with Gasteiger partial charge in [0.05, 0.1) is 17.3 Å². The number of aromatic nitrogens is 1. The summed E-state index contributed by atoms with van der Waals surface area (Å²) in [5.74, 6) is -0.676. The molecule has 2 aromatic carbocycles. The number of hydrazine groups is 1. The predicted molar refractivity (Wildman–Crippen MR) is 163 cm³/mol. The van der Waals surface area contributed by atoms with Gasteiger partial charge in [-0.25, -0.2) is 9.37 Å². The number of carbonyl (C=O) groups is 1. The van der Waals surface area contributed by atoms with E-state index < -0.39 is 35.0 Å². The van der Waals surface area contributed by atoms with Crippen LogP contribution in [0.25, 0.3) is 10.8 Å². The summed E-state index contributed by atoms with van der Waals surface area (Å²) in [5, 5.41) is 11.1. The number of pyridine rings is 1. The minimum absolute atomic E-state index is 0.0487. The van der Waals surface area contributed by atoms with Gasteiger partial charge in [0.15, 0.2) is 5.54 Å². The van der Waals surface area contributed by atoms with E-state index in [1.165, 1.54) is 30.5 Å². The Morgan fingerprint density at radius 2 is 1.91 bits per heavy atom. The van der Waals surface area contributed by atoms with Crippen molar-refractivity contribution >= 4 is 28.2 Å². The Balaban J connectivity index is 1.38. The molecule has 0 spiro atoms. The number of nitrogens with two attached hydrogens (primary N) is 3. The molecular formula is C33H31F4N7O. The van der Waals surface area contributed by atoms with E-state index in [-0.39, 0.29) is 29.4 Å². The Morgan fingerprint density at radius 1 is 1.18 bits per heavy atom. The monoisotopic (exact) mass is 617 g/mol. The van der Waals surface area contributed by atoms with Gasteiger partial charge in [-0.1, -0.05) is 36.4 Å². The summed E-state index contributed by atoms with van der Waals surface area (Å²) < 4.78 is 59.5. The van der Waals surface area contributed by atoms with E-state index in [1.807, 2.05) is 12.1 Å². The van der Waals surface area contributed by atoms with E-state index in [4.69, 9.17) is 22.5 Å². The first-order chi connectivity index (χ1) is 21.4. The maximum atomic E-state index is 16.9. The standard InChI is InChI=1S/C33H31F4N7O/c34-28-23(10-12-25(21-7-8-21)20-5-3-19(18-38)4-6-20)2-1-14-31(28,41)32(30(40)45)17-27(33(35,36)37)43-44(32)24-11-9-22-13-15-42-29(39)26(22)16-24/h1-6,9,11,13-17,21,25,28,43H,7-8,10,12,41H2,(H2,39,42)(H2,40,45). The number of allylic oxidation sites excluding steroid dienone is 3. The zero-order valence-electron chi connectivity index (χ0n) is 24.1. The quantitative estimate of drug-likeness (QED) is 0.255. The first-order valence-electron chi connectivity index (χ1n) is 14.5. The molecular weight excluding hydrogens is 586 g/mol. The van der Waals surface area contributed by atoms with Crippen molar-refractivity contribution in [3.8, 4) is 6.07 Å². The van der Waals surface area contributed by atoms with Gasteiger partial charge in [-0.3, -0.25) is 15.2 Å². The number of nitrogens with zero attached hydrogens (tertiary/aromatic N) is 3. The summed E-state index contributed by atoms with van der Waals surface area (Å²) in [6, 6.07) is 15.6. The lowest BCUT2D eigenvalue weighted by Crippen LogP contribution is -2.76. The molecule has 0 radical (unpaired) electrons. The van der Waals surface area contributed by atoms with E-state index in [1.54, 1.807) is 30.3 Å². The molecule has 0 bridgehead atoms. The first-order valence-corrected chi connectivity index (χ1v) is 14.5. The van der Waals surface area contributed by atoms with Crippen LogP contribution in [-0.4, -0.2) is 34.3 Å². The molecule has 3 aromatic rings. The number of benzene rings is 2. The van der Waals surface area contributed by atoms with Gasteiger partial charge in [-0.2, -0.15) is 18.4 Å².